The minimum absolute atomic E-state index is 0.0407. The van der Waals surface area contributed by atoms with Gasteiger partial charge < -0.3 is 16.0 Å². The normalized spacial score (nSPS) is 12.2. The van der Waals surface area contributed by atoms with Crippen LogP contribution in [0.3, 0.4) is 0 Å². The van der Waals surface area contributed by atoms with Crippen LogP contribution in [0.2, 0.25) is 0 Å². The van der Waals surface area contributed by atoms with E-state index in [1.54, 1.807) is 0 Å². The number of hydrogen-bond donors (Lipinski definition) is 2. The molecule has 0 saturated carbocycles. The van der Waals surface area contributed by atoms with Crippen LogP contribution in [0.1, 0.15) is 26.7 Å². The average Bonchev–Trinajstić information content (AvgIpc) is 2.43. The molecule has 112 valence electrons. The minimum atomic E-state index is -0.387. The molecule has 1 amide bonds. The first-order chi connectivity index (χ1) is 9.50. The number of rotatable bonds is 8. The van der Waals surface area contributed by atoms with Crippen molar-refractivity contribution in [1.29, 1.82) is 0 Å². The Morgan fingerprint density at radius 2 is 1.95 bits per heavy atom. The van der Waals surface area contributed by atoms with E-state index in [4.69, 9.17) is 5.73 Å². The lowest BCUT2D eigenvalue weighted by Gasteiger charge is -2.19. The third kappa shape index (κ3) is 6.06. The Kier molecular flexibility index (Phi) is 7.09. The predicted molar refractivity (Wildman–Crippen MR) is 84.8 cm³/mol. The smallest absolute Gasteiger partial charge is 0.236 e. The number of carbonyl (C=O) groups is 1. The maximum Gasteiger partial charge on any atom is 0.236 e. The second-order valence-corrected chi connectivity index (χ2v) is 5.64. The van der Waals surface area contributed by atoms with Crippen LogP contribution in [-0.2, 0) is 4.79 Å². The van der Waals surface area contributed by atoms with Crippen molar-refractivity contribution in [3.8, 4) is 0 Å². The van der Waals surface area contributed by atoms with Gasteiger partial charge in [0.1, 0.15) is 0 Å². The zero-order valence-corrected chi connectivity index (χ0v) is 12.8. The van der Waals surface area contributed by atoms with E-state index in [0.717, 1.165) is 19.4 Å². The number of amides is 1. The monoisotopic (exact) mass is 277 g/mol. The quantitative estimate of drug-likeness (QED) is 0.715. The third-order valence-corrected chi connectivity index (χ3v) is 3.23. The minimum Gasteiger partial charge on any atom is -0.375 e. The van der Waals surface area contributed by atoms with Gasteiger partial charge in [-0.1, -0.05) is 32.0 Å². The lowest BCUT2D eigenvalue weighted by Crippen LogP contribution is -2.42. The van der Waals surface area contributed by atoms with Crippen molar-refractivity contribution in [2.75, 3.05) is 25.0 Å². The average molecular weight is 277 g/mol. The van der Waals surface area contributed by atoms with Crippen LogP contribution in [0.4, 0.5) is 5.69 Å². The molecule has 0 aliphatic rings. The summed E-state index contributed by atoms with van der Waals surface area (Å²) < 4.78 is 0. The Morgan fingerprint density at radius 3 is 2.55 bits per heavy atom. The third-order valence-electron chi connectivity index (χ3n) is 3.23. The molecule has 1 rings (SSSR count). The van der Waals surface area contributed by atoms with Crippen molar-refractivity contribution in [1.82, 2.24) is 5.32 Å². The maximum atomic E-state index is 11.7. The standard InChI is InChI=1S/C16H27N3O/c1-13(2)12-15(17)16(20)18-10-7-11-19(3)14-8-5-4-6-9-14/h4-6,8-9,13,15H,7,10-12,17H2,1-3H3,(H,18,20). The Hall–Kier alpha value is -1.55. The summed E-state index contributed by atoms with van der Waals surface area (Å²) in [7, 11) is 2.06. The van der Waals surface area contributed by atoms with E-state index in [1.807, 2.05) is 18.2 Å². The summed E-state index contributed by atoms with van der Waals surface area (Å²) in [5.74, 6) is 0.404. The molecule has 0 saturated heterocycles. The van der Waals surface area contributed by atoms with E-state index in [9.17, 15) is 4.79 Å². The second-order valence-electron chi connectivity index (χ2n) is 5.64. The van der Waals surface area contributed by atoms with Gasteiger partial charge in [-0.05, 0) is 30.9 Å². The second kappa shape index (κ2) is 8.59. The zero-order chi connectivity index (χ0) is 15.0. The van der Waals surface area contributed by atoms with Crippen LogP contribution in [0.25, 0.3) is 0 Å². The van der Waals surface area contributed by atoms with E-state index in [-0.39, 0.29) is 11.9 Å². The van der Waals surface area contributed by atoms with Gasteiger partial charge in [0.25, 0.3) is 0 Å². The van der Waals surface area contributed by atoms with Crippen molar-refractivity contribution in [3.05, 3.63) is 30.3 Å². The van der Waals surface area contributed by atoms with Gasteiger partial charge in [-0.2, -0.15) is 0 Å². The summed E-state index contributed by atoms with van der Waals surface area (Å²) >= 11 is 0. The summed E-state index contributed by atoms with van der Waals surface area (Å²) in [6.45, 7) is 5.72. The number of nitrogens with zero attached hydrogens (tertiary/aromatic N) is 1. The van der Waals surface area contributed by atoms with E-state index in [0.29, 0.717) is 12.5 Å². The molecule has 0 fully saturated rings. The van der Waals surface area contributed by atoms with Gasteiger partial charge >= 0.3 is 0 Å². The number of benzene rings is 1. The van der Waals surface area contributed by atoms with Crippen molar-refractivity contribution in [2.24, 2.45) is 11.7 Å². The first kappa shape index (κ1) is 16.5. The van der Waals surface area contributed by atoms with Gasteiger partial charge in [0, 0.05) is 25.8 Å². The van der Waals surface area contributed by atoms with Crippen LogP contribution in [0.5, 0.6) is 0 Å². The highest BCUT2D eigenvalue weighted by molar-refractivity contribution is 5.81. The van der Waals surface area contributed by atoms with Gasteiger partial charge in [0.05, 0.1) is 6.04 Å². The summed E-state index contributed by atoms with van der Waals surface area (Å²) in [6, 6.07) is 9.83. The fraction of sp³-hybridized carbons (Fsp3) is 0.562. The molecule has 0 aliphatic heterocycles. The van der Waals surface area contributed by atoms with Crippen molar-refractivity contribution >= 4 is 11.6 Å². The maximum absolute atomic E-state index is 11.7. The molecule has 1 aromatic rings. The molecule has 1 unspecified atom stereocenters. The first-order valence-corrected chi connectivity index (χ1v) is 7.30. The van der Waals surface area contributed by atoms with Crippen LogP contribution < -0.4 is 16.0 Å². The SMILES string of the molecule is CC(C)CC(N)C(=O)NCCCN(C)c1ccccc1. The van der Waals surface area contributed by atoms with Crippen molar-refractivity contribution < 1.29 is 4.79 Å². The number of carbonyl (C=O) groups excluding carboxylic acids is 1. The van der Waals surface area contributed by atoms with E-state index < -0.39 is 0 Å². The van der Waals surface area contributed by atoms with E-state index >= 15 is 0 Å². The van der Waals surface area contributed by atoms with Gasteiger partial charge in [0.15, 0.2) is 0 Å². The highest BCUT2D eigenvalue weighted by atomic mass is 16.2. The lowest BCUT2D eigenvalue weighted by atomic mass is 10.0. The molecule has 4 heteroatoms. The topological polar surface area (TPSA) is 58.4 Å². The Balaban J connectivity index is 2.20. The van der Waals surface area contributed by atoms with E-state index in [2.05, 4.69) is 43.2 Å². The molecule has 0 aromatic heterocycles. The molecule has 3 N–H and O–H groups in total. The van der Waals surface area contributed by atoms with Crippen LogP contribution in [0, 0.1) is 5.92 Å². The lowest BCUT2D eigenvalue weighted by molar-refractivity contribution is -0.122. The fourth-order valence-electron chi connectivity index (χ4n) is 2.09. The van der Waals surface area contributed by atoms with Crippen LogP contribution in [0.15, 0.2) is 30.3 Å². The summed E-state index contributed by atoms with van der Waals surface area (Å²) in [5.41, 5.74) is 7.02. The molecule has 20 heavy (non-hydrogen) atoms. The van der Waals surface area contributed by atoms with Gasteiger partial charge in [-0.15, -0.1) is 0 Å². The molecule has 4 nitrogen and oxygen atoms in total. The Labute approximate surface area is 122 Å². The summed E-state index contributed by atoms with van der Waals surface area (Å²) in [6.07, 6.45) is 1.64. The van der Waals surface area contributed by atoms with Crippen LogP contribution in [-0.4, -0.2) is 32.1 Å². The highest BCUT2D eigenvalue weighted by Crippen LogP contribution is 2.10. The molecule has 0 heterocycles. The summed E-state index contributed by atoms with van der Waals surface area (Å²) in [4.78, 5) is 13.9. The Bertz CT molecular complexity index is 392. The van der Waals surface area contributed by atoms with E-state index in [1.165, 1.54) is 5.69 Å². The predicted octanol–water partition coefficient (Wildman–Crippen LogP) is 2.00. The molecule has 0 spiro atoms. The van der Waals surface area contributed by atoms with Gasteiger partial charge in [-0.25, -0.2) is 0 Å². The Morgan fingerprint density at radius 1 is 1.30 bits per heavy atom. The summed E-state index contributed by atoms with van der Waals surface area (Å²) in [5, 5.41) is 2.90. The fourth-order valence-corrected chi connectivity index (χ4v) is 2.09. The molecule has 1 aromatic carbocycles. The molecule has 0 radical (unpaired) electrons. The number of anilines is 1. The van der Waals surface area contributed by atoms with Crippen molar-refractivity contribution in [3.63, 3.8) is 0 Å². The first-order valence-electron chi connectivity index (χ1n) is 7.30. The van der Waals surface area contributed by atoms with Crippen molar-refractivity contribution in [2.45, 2.75) is 32.7 Å². The molecule has 1 atom stereocenters. The number of nitrogens with one attached hydrogen (secondary N) is 1. The highest BCUT2D eigenvalue weighted by Gasteiger charge is 2.13. The number of hydrogen-bond acceptors (Lipinski definition) is 3. The molecule has 0 bridgehead atoms. The van der Waals surface area contributed by atoms with Crippen LogP contribution >= 0.6 is 0 Å². The molecule has 0 aliphatic carbocycles. The zero-order valence-electron chi connectivity index (χ0n) is 12.8. The number of nitrogens with two attached hydrogens (primary N) is 1. The molecular formula is C16H27N3O. The molecular weight excluding hydrogens is 250 g/mol. The van der Waals surface area contributed by atoms with Gasteiger partial charge in [0.2, 0.25) is 5.91 Å². The largest absolute Gasteiger partial charge is 0.375 e. The number of para-hydroxylation sites is 1. The van der Waals surface area contributed by atoms with Gasteiger partial charge in [-0.3, -0.25) is 4.79 Å².